The highest BCUT2D eigenvalue weighted by Gasteiger charge is 2.23. The van der Waals surface area contributed by atoms with Crippen LogP contribution in [0.5, 0.6) is 0 Å². The van der Waals surface area contributed by atoms with Crippen molar-refractivity contribution in [3.63, 3.8) is 0 Å². The van der Waals surface area contributed by atoms with Crippen molar-refractivity contribution in [3.8, 4) is 0 Å². The molecule has 0 aliphatic carbocycles. The standard InChI is InChI=1S/C15H22N2O5/c1-15(2,3)22-14(20)17-12(13(18)19)9-16-21-10-11-7-5-4-6-8-11/h4-8,12,16H,9-10H2,1-3H3,(H,17,20)(H,18,19). The van der Waals surface area contributed by atoms with Crippen LogP contribution in [0.2, 0.25) is 0 Å². The molecule has 7 nitrogen and oxygen atoms in total. The van der Waals surface area contributed by atoms with Gasteiger partial charge in [-0.1, -0.05) is 30.3 Å². The van der Waals surface area contributed by atoms with Gasteiger partial charge in [0.05, 0.1) is 13.2 Å². The molecule has 1 rings (SSSR count). The summed E-state index contributed by atoms with van der Waals surface area (Å²) in [6, 6.07) is 8.27. The fourth-order valence-corrected chi connectivity index (χ4v) is 1.50. The molecule has 0 aromatic heterocycles. The van der Waals surface area contributed by atoms with E-state index in [1.807, 2.05) is 30.3 Å². The molecule has 0 spiro atoms. The van der Waals surface area contributed by atoms with Gasteiger partial charge in [-0.2, -0.15) is 5.48 Å². The Morgan fingerprint density at radius 1 is 1.23 bits per heavy atom. The van der Waals surface area contributed by atoms with Crippen LogP contribution in [0.3, 0.4) is 0 Å². The molecular weight excluding hydrogens is 288 g/mol. The van der Waals surface area contributed by atoms with Gasteiger partial charge in [0.15, 0.2) is 0 Å². The first-order valence-electron chi connectivity index (χ1n) is 6.89. The fourth-order valence-electron chi connectivity index (χ4n) is 1.50. The first-order valence-corrected chi connectivity index (χ1v) is 6.89. The van der Waals surface area contributed by atoms with Crippen LogP contribution in [0.15, 0.2) is 30.3 Å². The van der Waals surface area contributed by atoms with Crippen LogP contribution in [0.1, 0.15) is 26.3 Å². The molecule has 1 aromatic carbocycles. The Hall–Kier alpha value is -2.12. The van der Waals surface area contributed by atoms with Gasteiger partial charge >= 0.3 is 12.1 Å². The molecule has 0 radical (unpaired) electrons. The zero-order chi connectivity index (χ0) is 16.6. The van der Waals surface area contributed by atoms with E-state index < -0.39 is 23.7 Å². The molecule has 0 aliphatic heterocycles. The average Bonchev–Trinajstić information content (AvgIpc) is 2.41. The van der Waals surface area contributed by atoms with Crippen LogP contribution in [-0.2, 0) is 21.0 Å². The van der Waals surface area contributed by atoms with Gasteiger partial charge in [0.2, 0.25) is 0 Å². The smallest absolute Gasteiger partial charge is 0.408 e. The van der Waals surface area contributed by atoms with Crippen LogP contribution in [0.4, 0.5) is 4.79 Å². The summed E-state index contributed by atoms with van der Waals surface area (Å²) in [5.74, 6) is -1.18. The molecule has 122 valence electrons. The zero-order valence-electron chi connectivity index (χ0n) is 13.0. The van der Waals surface area contributed by atoms with E-state index in [9.17, 15) is 9.59 Å². The number of hydroxylamine groups is 1. The topological polar surface area (TPSA) is 96.9 Å². The van der Waals surface area contributed by atoms with Gasteiger partial charge in [-0.15, -0.1) is 0 Å². The van der Waals surface area contributed by atoms with Gasteiger partial charge in [0, 0.05) is 0 Å². The molecule has 7 heteroatoms. The van der Waals surface area contributed by atoms with Crippen LogP contribution in [0.25, 0.3) is 0 Å². The number of nitrogens with one attached hydrogen (secondary N) is 2. The third-order valence-electron chi connectivity index (χ3n) is 2.46. The highest BCUT2D eigenvalue weighted by atomic mass is 16.6. The second kappa shape index (κ2) is 8.35. The van der Waals surface area contributed by atoms with Crippen molar-refractivity contribution in [3.05, 3.63) is 35.9 Å². The van der Waals surface area contributed by atoms with Crippen molar-refractivity contribution in [1.29, 1.82) is 0 Å². The maximum absolute atomic E-state index is 11.6. The van der Waals surface area contributed by atoms with Crippen molar-refractivity contribution < 1.29 is 24.3 Å². The first-order chi connectivity index (χ1) is 10.3. The number of carbonyl (C=O) groups excluding carboxylic acids is 1. The van der Waals surface area contributed by atoms with E-state index in [4.69, 9.17) is 14.7 Å². The lowest BCUT2D eigenvalue weighted by Gasteiger charge is -2.22. The molecule has 1 amide bonds. The SMILES string of the molecule is CC(C)(C)OC(=O)NC(CNOCc1ccccc1)C(=O)O. The lowest BCUT2D eigenvalue weighted by Crippen LogP contribution is -2.48. The summed E-state index contributed by atoms with van der Waals surface area (Å²) in [6.45, 7) is 5.30. The van der Waals surface area contributed by atoms with E-state index >= 15 is 0 Å². The van der Waals surface area contributed by atoms with E-state index in [1.165, 1.54) is 0 Å². The zero-order valence-corrected chi connectivity index (χ0v) is 13.0. The number of hydrogen-bond donors (Lipinski definition) is 3. The largest absolute Gasteiger partial charge is 0.480 e. The molecule has 1 aromatic rings. The van der Waals surface area contributed by atoms with Crippen molar-refractivity contribution in [2.24, 2.45) is 0 Å². The van der Waals surface area contributed by atoms with E-state index in [1.54, 1.807) is 20.8 Å². The molecule has 0 saturated carbocycles. The van der Waals surface area contributed by atoms with Gasteiger partial charge in [-0.3, -0.25) is 4.84 Å². The third kappa shape index (κ3) is 7.61. The molecule has 0 heterocycles. The van der Waals surface area contributed by atoms with Crippen molar-refractivity contribution >= 4 is 12.1 Å². The Labute approximate surface area is 129 Å². The number of aliphatic carboxylic acids is 1. The number of alkyl carbamates (subject to hydrolysis) is 1. The Balaban J connectivity index is 2.35. The predicted molar refractivity (Wildman–Crippen MR) is 80.0 cm³/mol. The quantitative estimate of drug-likeness (QED) is 0.524. The number of carboxylic acids is 1. The molecule has 1 atom stereocenters. The van der Waals surface area contributed by atoms with Crippen LogP contribution in [0, 0.1) is 0 Å². The highest BCUT2D eigenvalue weighted by Crippen LogP contribution is 2.06. The van der Waals surface area contributed by atoms with Crippen LogP contribution in [-0.4, -0.2) is 35.4 Å². The number of amides is 1. The number of ether oxygens (including phenoxy) is 1. The Morgan fingerprint density at radius 2 is 1.86 bits per heavy atom. The summed E-state index contributed by atoms with van der Waals surface area (Å²) in [5, 5.41) is 11.3. The molecule has 22 heavy (non-hydrogen) atoms. The summed E-state index contributed by atoms with van der Waals surface area (Å²) in [7, 11) is 0. The average molecular weight is 310 g/mol. The summed E-state index contributed by atoms with van der Waals surface area (Å²) in [6.07, 6.45) is -0.787. The van der Waals surface area contributed by atoms with Gasteiger partial charge in [0.25, 0.3) is 0 Å². The summed E-state index contributed by atoms with van der Waals surface area (Å²) in [5.41, 5.74) is 2.79. The Kier molecular flexibility index (Phi) is 6.81. The molecule has 0 aliphatic rings. The minimum atomic E-state index is -1.18. The lowest BCUT2D eigenvalue weighted by atomic mass is 10.2. The van der Waals surface area contributed by atoms with E-state index in [-0.39, 0.29) is 6.54 Å². The second-order valence-corrected chi connectivity index (χ2v) is 5.66. The molecule has 1 unspecified atom stereocenters. The molecule has 0 fully saturated rings. The molecule has 0 bridgehead atoms. The summed E-state index contributed by atoms with van der Waals surface area (Å²) in [4.78, 5) is 27.8. The maximum atomic E-state index is 11.6. The number of benzene rings is 1. The first kappa shape index (κ1) is 17.9. The number of rotatable bonds is 7. The monoisotopic (exact) mass is 310 g/mol. The Morgan fingerprint density at radius 3 is 2.41 bits per heavy atom. The minimum Gasteiger partial charge on any atom is -0.480 e. The summed E-state index contributed by atoms with van der Waals surface area (Å²) < 4.78 is 5.01. The minimum absolute atomic E-state index is 0.0819. The maximum Gasteiger partial charge on any atom is 0.408 e. The van der Waals surface area contributed by atoms with Crippen molar-refractivity contribution in [2.45, 2.75) is 39.0 Å². The van der Waals surface area contributed by atoms with E-state index in [0.717, 1.165) is 5.56 Å². The molecular formula is C15H22N2O5. The molecule has 3 N–H and O–H groups in total. The molecule has 0 saturated heterocycles. The summed E-state index contributed by atoms with van der Waals surface area (Å²) >= 11 is 0. The van der Waals surface area contributed by atoms with E-state index in [0.29, 0.717) is 6.61 Å². The highest BCUT2D eigenvalue weighted by molar-refractivity contribution is 5.80. The van der Waals surface area contributed by atoms with E-state index in [2.05, 4.69) is 10.8 Å². The normalized spacial score (nSPS) is 12.5. The second-order valence-electron chi connectivity index (χ2n) is 5.66. The third-order valence-corrected chi connectivity index (χ3v) is 2.46. The Bertz CT molecular complexity index is 484. The predicted octanol–water partition coefficient (Wildman–Crippen LogP) is 1.69. The van der Waals surface area contributed by atoms with Crippen LogP contribution >= 0.6 is 0 Å². The number of hydrogen-bond acceptors (Lipinski definition) is 5. The van der Waals surface area contributed by atoms with Gasteiger partial charge in [0.1, 0.15) is 11.6 Å². The van der Waals surface area contributed by atoms with Gasteiger partial charge in [-0.25, -0.2) is 9.59 Å². The van der Waals surface area contributed by atoms with Crippen LogP contribution < -0.4 is 10.8 Å². The van der Waals surface area contributed by atoms with Crippen molar-refractivity contribution in [2.75, 3.05) is 6.54 Å². The van der Waals surface area contributed by atoms with Crippen molar-refractivity contribution in [1.82, 2.24) is 10.8 Å². The number of carbonyl (C=O) groups is 2. The lowest BCUT2D eigenvalue weighted by molar-refractivity contribution is -0.140. The fraction of sp³-hybridized carbons (Fsp3) is 0.467. The van der Waals surface area contributed by atoms with Gasteiger partial charge < -0.3 is 15.2 Å². The van der Waals surface area contributed by atoms with Gasteiger partial charge in [-0.05, 0) is 26.3 Å². The number of carboxylic acid groups (broad SMARTS) is 1.